The first kappa shape index (κ1) is 19.1. The maximum Gasteiger partial charge on any atom is 0.238 e. The summed E-state index contributed by atoms with van der Waals surface area (Å²) < 4.78 is 10.7. The smallest absolute Gasteiger partial charge is 0.238 e. The fourth-order valence-corrected chi connectivity index (χ4v) is 3.46. The van der Waals surface area contributed by atoms with Crippen molar-refractivity contribution in [3.05, 3.63) is 54.7 Å². The molecule has 1 fully saturated rings. The number of methoxy groups -OCH3 is 1. The standard InChI is InChI=1S/C21H23N5O3/c1-28-18-4-2-3-17(13-18)23-19(27)14-26-11-7-16(8-12-26)21-24-20(25-29-21)15-5-9-22-10-6-15/h2-6,9-10,13,16H,7-8,11-12,14H2,1H3,(H,23,27). The van der Waals surface area contributed by atoms with Crippen molar-refractivity contribution in [2.45, 2.75) is 18.8 Å². The minimum absolute atomic E-state index is 0.0329. The molecule has 1 aromatic carbocycles. The highest BCUT2D eigenvalue weighted by molar-refractivity contribution is 5.92. The number of carbonyl (C=O) groups is 1. The second-order valence-corrected chi connectivity index (χ2v) is 7.02. The molecular formula is C21H23N5O3. The monoisotopic (exact) mass is 393 g/mol. The van der Waals surface area contributed by atoms with Crippen molar-refractivity contribution in [3.8, 4) is 17.1 Å². The van der Waals surface area contributed by atoms with Crippen molar-refractivity contribution >= 4 is 11.6 Å². The molecule has 0 aliphatic carbocycles. The third-order valence-corrected chi connectivity index (χ3v) is 5.04. The average molecular weight is 393 g/mol. The van der Waals surface area contributed by atoms with Crippen LogP contribution in [0.4, 0.5) is 5.69 Å². The third-order valence-electron chi connectivity index (χ3n) is 5.04. The Hall–Kier alpha value is -3.26. The summed E-state index contributed by atoms with van der Waals surface area (Å²) in [6.07, 6.45) is 5.18. The Morgan fingerprint density at radius 1 is 1.24 bits per heavy atom. The Morgan fingerprint density at radius 3 is 2.79 bits per heavy atom. The lowest BCUT2D eigenvalue weighted by Crippen LogP contribution is -2.38. The molecule has 0 radical (unpaired) electrons. The Bertz CT molecular complexity index is 952. The highest BCUT2D eigenvalue weighted by Crippen LogP contribution is 2.28. The third kappa shape index (κ3) is 4.78. The molecule has 8 nitrogen and oxygen atoms in total. The van der Waals surface area contributed by atoms with Gasteiger partial charge in [-0.25, -0.2) is 0 Å². The van der Waals surface area contributed by atoms with Crippen LogP contribution in [-0.4, -0.2) is 52.7 Å². The van der Waals surface area contributed by atoms with Gasteiger partial charge in [0.1, 0.15) is 5.75 Å². The molecule has 1 saturated heterocycles. The first-order valence-electron chi connectivity index (χ1n) is 9.61. The molecule has 0 unspecified atom stereocenters. The van der Waals surface area contributed by atoms with Gasteiger partial charge in [-0.05, 0) is 50.2 Å². The number of nitrogens with one attached hydrogen (secondary N) is 1. The van der Waals surface area contributed by atoms with Gasteiger partial charge in [-0.3, -0.25) is 14.7 Å². The predicted molar refractivity (Wildman–Crippen MR) is 108 cm³/mol. The molecule has 0 saturated carbocycles. The number of likely N-dealkylation sites (tertiary alicyclic amines) is 1. The fourth-order valence-electron chi connectivity index (χ4n) is 3.46. The zero-order valence-corrected chi connectivity index (χ0v) is 16.2. The van der Waals surface area contributed by atoms with Gasteiger partial charge < -0.3 is 14.6 Å². The molecule has 3 aromatic rings. The lowest BCUT2D eigenvalue weighted by molar-refractivity contribution is -0.117. The molecule has 1 amide bonds. The first-order valence-corrected chi connectivity index (χ1v) is 9.61. The van der Waals surface area contributed by atoms with Crippen LogP contribution in [0.25, 0.3) is 11.4 Å². The van der Waals surface area contributed by atoms with Crippen LogP contribution < -0.4 is 10.1 Å². The Labute approximate surface area is 168 Å². The van der Waals surface area contributed by atoms with Crippen LogP contribution >= 0.6 is 0 Å². The second kappa shape index (κ2) is 8.83. The molecule has 4 rings (SSSR count). The summed E-state index contributed by atoms with van der Waals surface area (Å²) in [5.41, 5.74) is 1.63. The van der Waals surface area contributed by atoms with E-state index in [9.17, 15) is 4.79 Å². The maximum absolute atomic E-state index is 12.4. The molecule has 0 atom stereocenters. The van der Waals surface area contributed by atoms with Crippen LogP contribution in [0.2, 0.25) is 0 Å². The van der Waals surface area contributed by atoms with Crippen molar-refractivity contribution in [2.75, 3.05) is 32.1 Å². The summed E-state index contributed by atoms with van der Waals surface area (Å²) in [5, 5.41) is 7.01. The summed E-state index contributed by atoms with van der Waals surface area (Å²) in [6, 6.07) is 11.1. The molecule has 150 valence electrons. The van der Waals surface area contributed by atoms with E-state index in [-0.39, 0.29) is 11.8 Å². The number of nitrogens with zero attached hydrogens (tertiary/aromatic N) is 4. The quantitative estimate of drug-likeness (QED) is 0.688. The van der Waals surface area contributed by atoms with Gasteiger partial charge in [0.2, 0.25) is 17.6 Å². The van der Waals surface area contributed by atoms with Crippen LogP contribution in [-0.2, 0) is 4.79 Å². The van der Waals surface area contributed by atoms with E-state index in [1.54, 1.807) is 25.6 Å². The van der Waals surface area contributed by atoms with E-state index in [4.69, 9.17) is 9.26 Å². The minimum atomic E-state index is -0.0329. The number of ether oxygens (including phenoxy) is 1. The summed E-state index contributed by atoms with van der Waals surface area (Å²) in [5.74, 6) is 2.15. The van der Waals surface area contributed by atoms with Crippen molar-refractivity contribution in [3.63, 3.8) is 0 Å². The van der Waals surface area contributed by atoms with Crippen LogP contribution in [0.15, 0.2) is 53.3 Å². The number of rotatable bonds is 6. The first-order chi connectivity index (χ1) is 14.2. The molecule has 3 heterocycles. The van der Waals surface area contributed by atoms with Crippen LogP contribution in [0.1, 0.15) is 24.7 Å². The van der Waals surface area contributed by atoms with Crippen LogP contribution in [0.5, 0.6) is 5.75 Å². The number of aromatic nitrogens is 3. The van der Waals surface area contributed by atoms with E-state index in [1.165, 1.54) is 0 Å². The topological polar surface area (TPSA) is 93.4 Å². The molecule has 1 aliphatic heterocycles. The van der Waals surface area contributed by atoms with E-state index >= 15 is 0 Å². The van der Waals surface area contributed by atoms with Gasteiger partial charge in [-0.15, -0.1) is 0 Å². The highest BCUT2D eigenvalue weighted by Gasteiger charge is 2.26. The normalized spacial score (nSPS) is 15.2. The zero-order valence-electron chi connectivity index (χ0n) is 16.2. The van der Waals surface area contributed by atoms with Gasteiger partial charge in [0.05, 0.1) is 13.7 Å². The summed E-state index contributed by atoms with van der Waals surface area (Å²) in [7, 11) is 1.61. The number of hydrogen-bond donors (Lipinski definition) is 1. The van der Waals surface area contributed by atoms with Gasteiger partial charge in [-0.1, -0.05) is 11.2 Å². The Morgan fingerprint density at radius 2 is 2.03 bits per heavy atom. The molecule has 2 aromatic heterocycles. The lowest BCUT2D eigenvalue weighted by atomic mass is 9.97. The van der Waals surface area contributed by atoms with Gasteiger partial charge in [-0.2, -0.15) is 4.98 Å². The van der Waals surface area contributed by atoms with Gasteiger partial charge in [0.15, 0.2) is 0 Å². The molecule has 1 N–H and O–H groups in total. The average Bonchev–Trinajstić information content (AvgIpc) is 3.25. The molecule has 1 aliphatic rings. The van der Waals surface area contributed by atoms with Crippen LogP contribution in [0, 0.1) is 0 Å². The van der Waals surface area contributed by atoms with Crippen molar-refractivity contribution in [1.82, 2.24) is 20.0 Å². The maximum atomic E-state index is 12.4. The molecular weight excluding hydrogens is 370 g/mol. The number of amides is 1. The fraction of sp³-hybridized carbons (Fsp3) is 0.333. The predicted octanol–water partition coefficient (Wildman–Crippen LogP) is 2.96. The largest absolute Gasteiger partial charge is 0.497 e. The zero-order chi connectivity index (χ0) is 20.1. The number of hydrogen-bond acceptors (Lipinski definition) is 7. The molecule has 8 heteroatoms. The number of piperidine rings is 1. The number of benzene rings is 1. The summed E-state index contributed by atoms with van der Waals surface area (Å²) in [6.45, 7) is 1.97. The van der Waals surface area contributed by atoms with Gasteiger partial charge in [0.25, 0.3) is 0 Å². The van der Waals surface area contributed by atoms with E-state index in [2.05, 4.69) is 25.3 Å². The highest BCUT2D eigenvalue weighted by atomic mass is 16.5. The number of pyridine rings is 1. The van der Waals surface area contributed by atoms with Crippen molar-refractivity contribution < 1.29 is 14.1 Å². The number of carbonyl (C=O) groups excluding carboxylic acids is 1. The SMILES string of the molecule is COc1cccc(NC(=O)CN2CCC(c3nc(-c4ccncc4)no3)CC2)c1. The summed E-state index contributed by atoms with van der Waals surface area (Å²) >= 11 is 0. The van der Waals surface area contributed by atoms with Crippen LogP contribution in [0.3, 0.4) is 0 Å². The van der Waals surface area contributed by atoms with E-state index in [0.717, 1.165) is 37.2 Å². The van der Waals surface area contributed by atoms with Crippen molar-refractivity contribution in [1.29, 1.82) is 0 Å². The Balaban J connectivity index is 1.28. The molecule has 29 heavy (non-hydrogen) atoms. The van der Waals surface area contributed by atoms with Gasteiger partial charge >= 0.3 is 0 Å². The summed E-state index contributed by atoms with van der Waals surface area (Å²) in [4.78, 5) is 23.0. The minimum Gasteiger partial charge on any atom is -0.497 e. The second-order valence-electron chi connectivity index (χ2n) is 7.02. The Kier molecular flexibility index (Phi) is 5.81. The van der Waals surface area contributed by atoms with E-state index < -0.39 is 0 Å². The lowest BCUT2D eigenvalue weighted by Gasteiger charge is -2.29. The number of anilines is 1. The van der Waals surface area contributed by atoms with E-state index in [0.29, 0.717) is 24.0 Å². The molecule has 0 bridgehead atoms. The van der Waals surface area contributed by atoms with Gasteiger partial charge in [0, 0.05) is 35.6 Å². The molecule has 0 spiro atoms. The van der Waals surface area contributed by atoms with E-state index in [1.807, 2.05) is 30.3 Å². The van der Waals surface area contributed by atoms with Crippen molar-refractivity contribution in [2.24, 2.45) is 0 Å².